The quantitative estimate of drug-likeness (QED) is 0.697. The predicted octanol–water partition coefficient (Wildman–Crippen LogP) is 0.478. The van der Waals surface area contributed by atoms with E-state index in [4.69, 9.17) is 0 Å². The molecule has 144 valence electrons. The van der Waals surface area contributed by atoms with Crippen LogP contribution in [-0.2, 0) is 14.4 Å². The second-order valence-corrected chi connectivity index (χ2v) is 6.76. The lowest BCUT2D eigenvalue weighted by Crippen LogP contribution is -2.70. The molecule has 1 unspecified atom stereocenters. The smallest absolute Gasteiger partial charge is 0.333 e. The van der Waals surface area contributed by atoms with Gasteiger partial charge in [0.2, 0.25) is 11.8 Å². The average molecular weight is 376 g/mol. The van der Waals surface area contributed by atoms with Gasteiger partial charge in [0.1, 0.15) is 0 Å². The van der Waals surface area contributed by atoms with Crippen molar-refractivity contribution < 1.29 is 32.3 Å². The third-order valence-electron chi connectivity index (χ3n) is 5.00. The van der Waals surface area contributed by atoms with Crippen LogP contribution in [0.25, 0.3) is 0 Å². The summed E-state index contributed by atoms with van der Waals surface area (Å²) in [5.41, 5.74) is -3.49. The van der Waals surface area contributed by atoms with Gasteiger partial charge >= 0.3 is 12.2 Å². The van der Waals surface area contributed by atoms with Gasteiger partial charge in [-0.25, -0.2) is 4.79 Å². The zero-order valence-corrected chi connectivity index (χ0v) is 13.9. The van der Waals surface area contributed by atoms with Gasteiger partial charge in [-0.1, -0.05) is 12.8 Å². The van der Waals surface area contributed by atoms with E-state index in [-0.39, 0.29) is 18.9 Å². The van der Waals surface area contributed by atoms with Crippen LogP contribution in [0, 0.1) is 0 Å². The van der Waals surface area contributed by atoms with E-state index in [1.54, 1.807) is 10.6 Å². The molecule has 3 rings (SSSR count). The highest BCUT2D eigenvalue weighted by molar-refractivity contribution is 6.09. The van der Waals surface area contributed by atoms with Crippen molar-refractivity contribution in [1.29, 1.82) is 0 Å². The molecule has 1 atom stereocenters. The molecule has 0 bridgehead atoms. The minimum Gasteiger partial charge on any atom is -0.333 e. The highest BCUT2D eigenvalue weighted by Crippen LogP contribution is 2.37. The fraction of sp³-hybridized carbons (Fsp3) is 0.733. The molecule has 3 fully saturated rings. The molecule has 0 aromatic carbocycles. The fourth-order valence-corrected chi connectivity index (χ4v) is 3.68. The van der Waals surface area contributed by atoms with Crippen LogP contribution in [0.5, 0.6) is 0 Å². The lowest BCUT2D eigenvalue weighted by atomic mass is 10.1. The van der Waals surface area contributed by atoms with E-state index in [0.29, 0.717) is 37.0 Å². The van der Waals surface area contributed by atoms with Gasteiger partial charge in [0.05, 0.1) is 6.54 Å². The van der Waals surface area contributed by atoms with Gasteiger partial charge in [-0.15, -0.1) is 0 Å². The van der Waals surface area contributed by atoms with E-state index >= 15 is 0 Å². The molecule has 3 aliphatic rings. The molecule has 26 heavy (non-hydrogen) atoms. The highest BCUT2D eigenvalue weighted by Gasteiger charge is 2.69. The molecule has 2 heterocycles. The number of alkyl halides is 3. The summed E-state index contributed by atoms with van der Waals surface area (Å²) in [7, 11) is 0. The van der Waals surface area contributed by atoms with Crippen molar-refractivity contribution in [1.82, 2.24) is 20.4 Å². The summed E-state index contributed by atoms with van der Waals surface area (Å²) < 4.78 is 41.1. The van der Waals surface area contributed by atoms with Crippen LogP contribution in [0.2, 0.25) is 0 Å². The second-order valence-electron chi connectivity index (χ2n) is 6.76. The summed E-state index contributed by atoms with van der Waals surface area (Å²) in [6.45, 7) is -0.330. The molecule has 11 heteroatoms. The molecular weight excluding hydrogens is 357 g/mol. The number of nitrogens with zero attached hydrogens (tertiary/aromatic N) is 2. The van der Waals surface area contributed by atoms with Crippen molar-refractivity contribution in [3.8, 4) is 0 Å². The Labute approximate surface area is 147 Å². The minimum absolute atomic E-state index is 0.225. The van der Waals surface area contributed by atoms with Gasteiger partial charge in [-0.3, -0.25) is 24.6 Å². The van der Waals surface area contributed by atoms with E-state index in [2.05, 4.69) is 0 Å². The minimum atomic E-state index is -5.22. The average Bonchev–Trinajstić information content (AvgIpc) is 3.22. The van der Waals surface area contributed by atoms with E-state index < -0.39 is 42.3 Å². The van der Waals surface area contributed by atoms with Gasteiger partial charge in [0.15, 0.2) is 0 Å². The summed E-state index contributed by atoms with van der Waals surface area (Å²) >= 11 is 0. The Kier molecular flexibility index (Phi) is 4.57. The number of hydrogen-bond donors (Lipinski definition) is 2. The number of carbonyl (C=O) groups excluding carboxylic acids is 4. The number of halogens is 3. The third-order valence-corrected chi connectivity index (χ3v) is 5.00. The maximum Gasteiger partial charge on any atom is 0.440 e. The number of carbonyl (C=O) groups is 4. The zero-order chi connectivity index (χ0) is 19.1. The van der Waals surface area contributed by atoms with E-state index in [1.165, 1.54) is 0 Å². The monoisotopic (exact) mass is 376 g/mol. The summed E-state index contributed by atoms with van der Waals surface area (Å²) in [5, 5.41) is 3.26. The van der Waals surface area contributed by atoms with Crippen molar-refractivity contribution in [2.45, 2.75) is 56.4 Å². The predicted molar refractivity (Wildman–Crippen MR) is 80.4 cm³/mol. The van der Waals surface area contributed by atoms with Crippen LogP contribution in [0.3, 0.4) is 0 Å². The number of nitrogens with one attached hydrogen (secondary N) is 2. The van der Waals surface area contributed by atoms with Crippen LogP contribution in [0.4, 0.5) is 18.0 Å². The summed E-state index contributed by atoms with van der Waals surface area (Å²) in [4.78, 5) is 50.0. The van der Waals surface area contributed by atoms with Crippen LogP contribution in [-0.4, -0.2) is 64.5 Å². The Hall–Kier alpha value is -2.33. The molecule has 2 aliphatic heterocycles. The zero-order valence-electron chi connectivity index (χ0n) is 13.9. The van der Waals surface area contributed by atoms with Crippen LogP contribution in [0.1, 0.15) is 38.5 Å². The van der Waals surface area contributed by atoms with E-state index in [0.717, 1.165) is 4.90 Å². The number of amides is 5. The standard InChI is InChI=1S/C15H19F3N4O4/c16-15(17,18)14(19-10(23)8-21-7-3-6-11(21)24)12(25)22(13(26)20-14)9-4-1-2-5-9/h9H,1-8H2,(H,19,23)(H,20,26). The Balaban J connectivity index is 1.81. The van der Waals surface area contributed by atoms with Crippen molar-refractivity contribution in [3.63, 3.8) is 0 Å². The molecule has 2 N–H and O–H groups in total. The number of urea groups is 1. The van der Waals surface area contributed by atoms with Gasteiger partial charge in [0, 0.05) is 19.0 Å². The normalized spacial score (nSPS) is 27.4. The molecule has 0 aromatic rings. The van der Waals surface area contributed by atoms with Crippen molar-refractivity contribution in [2.75, 3.05) is 13.1 Å². The third kappa shape index (κ3) is 2.99. The second kappa shape index (κ2) is 6.44. The molecule has 5 amide bonds. The first-order valence-electron chi connectivity index (χ1n) is 8.47. The Morgan fingerprint density at radius 3 is 2.38 bits per heavy atom. The maximum absolute atomic E-state index is 13.7. The molecule has 2 saturated heterocycles. The van der Waals surface area contributed by atoms with Crippen molar-refractivity contribution in [3.05, 3.63) is 0 Å². The Bertz CT molecular complexity index is 647. The lowest BCUT2D eigenvalue weighted by Gasteiger charge is -2.31. The topological polar surface area (TPSA) is 98.8 Å². The van der Waals surface area contributed by atoms with Crippen molar-refractivity contribution in [2.24, 2.45) is 0 Å². The number of imide groups is 1. The van der Waals surface area contributed by atoms with Gasteiger partial charge in [0.25, 0.3) is 11.6 Å². The highest BCUT2D eigenvalue weighted by atomic mass is 19.4. The van der Waals surface area contributed by atoms with Gasteiger partial charge in [-0.2, -0.15) is 13.2 Å². The summed E-state index contributed by atoms with van der Waals surface area (Å²) in [6.07, 6.45) is -2.19. The molecule has 0 radical (unpaired) electrons. The van der Waals surface area contributed by atoms with Crippen LogP contribution >= 0.6 is 0 Å². The van der Waals surface area contributed by atoms with E-state index in [1.807, 2.05) is 0 Å². The first-order chi connectivity index (χ1) is 12.2. The SMILES string of the molecule is O=C(CN1CCCC1=O)NC1(C(F)(F)F)NC(=O)N(C2CCCC2)C1=O. The Morgan fingerprint density at radius 1 is 1.19 bits per heavy atom. The van der Waals surface area contributed by atoms with Crippen LogP contribution < -0.4 is 10.6 Å². The Morgan fingerprint density at radius 2 is 1.85 bits per heavy atom. The van der Waals surface area contributed by atoms with Crippen molar-refractivity contribution >= 4 is 23.8 Å². The molecule has 1 saturated carbocycles. The number of likely N-dealkylation sites (tertiary alicyclic amines) is 1. The maximum atomic E-state index is 13.7. The van der Waals surface area contributed by atoms with Crippen LogP contribution in [0.15, 0.2) is 0 Å². The number of hydrogen-bond acceptors (Lipinski definition) is 4. The molecule has 0 spiro atoms. The van der Waals surface area contributed by atoms with Gasteiger partial charge < -0.3 is 10.2 Å². The number of rotatable bonds is 4. The molecular formula is C15H19F3N4O4. The largest absolute Gasteiger partial charge is 0.440 e. The first-order valence-corrected chi connectivity index (χ1v) is 8.47. The van der Waals surface area contributed by atoms with Gasteiger partial charge in [-0.05, 0) is 19.3 Å². The fourth-order valence-electron chi connectivity index (χ4n) is 3.68. The lowest BCUT2D eigenvalue weighted by molar-refractivity contribution is -0.204. The molecule has 1 aliphatic carbocycles. The molecule has 8 nitrogen and oxygen atoms in total. The molecule has 0 aromatic heterocycles. The summed E-state index contributed by atoms with van der Waals surface area (Å²) in [5.74, 6) is -3.02. The first kappa shape index (κ1) is 18.5. The summed E-state index contributed by atoms with van der Waals surface area (Å²) in [6, 6.07) is -1.78. The van der Waals surface area contributed by atoms with E-state index in [9.17, 15) is 32.3 Å².